The highest BCUT2D eigenvalue weighted by atomic mass is 79.9. The molecule has 0 saturated heterocycles. The molecule has 1 N–H and O–H groups in total. The first-order chi connectivity index (χ1) is 9.45. The average Bonchev–Trinajstić information content (AvgIpc) is 2.43. The van der Waals surface area contributed by atoms with Crippen LogP contribution in [0.25, 0.3) is 0 Å². The molecule has 0 spiro atoms. The van der Waals surface area contributed by atoms with Crippen molar-refractivity contribution in [3.63, 3.8) is 0 Å². The fourth-order valence-electron chi connectivity index (χ4n) is 2.11. The van der Waals surface area contributed by atoms with E-state index in [2.05, 4.69) is 31.9 Å². The van der Waals surface area contributed by atoms with E-state index >= 15 is 0 Å². The molecule has 20 heavy (non-hydrogen) atoms. The number of methoxy groups -OCH3 is 1. The summed E-state index contributed by atoms with van der Waals surface area (Å²) < 4.78 is 7.27. The Morgan fingerprint density at radius 2 is 1.75 bits per heavy atom. The van der Waals surface area contributed by atoms with E-state index in [1.54, 1.807) is 7.11 Å². The molecule has 0 aliphatic rings. The molecule has 0 saturated carbocycles. The van der Waals surface area contributed by atoms with E-state index in [0.717, 1.165) is 31.2 Å². The second-order valence-electron chi connectivity index (χ2n) is 4.72. The number of halogens is 2. The Morgan fingerprint density at radius 3 is 2.40 bits per heavy atom. The van der Waals surface area contributed by atoms with Crippen LogP contribution in [-0.2, 0) is 0 Å². The van der Waals surface area contributed by atoms with Crippen LogP contribution in [0.4, 0.5) is 0 Å². The van der Waals surface area contributed by atoms with Gasteiger partial charge < -0.3 is 9.84 Å². The lowest BCUT2D eigenvalue weighted by Crippen LogP contribution is -2.04. The number of aryl methyl sites for hydroxylation is 2. The number of aliphatic hydroxyl groups excluding tert-OH is 1. The summed E-state index contributed by atoms with van der Waals surface area (Å²) in [5.41, 5.74) is 3.74. The van der Waals surface area contributed by atoms with Gasteiger partial charge in [-0.1, -0.05) is 50.1 Å². The summed E-state index contributed by atoms with van der Waals surface area (Å²) in [5.74, 6) is 0.687. The summed E-state index contributed by atoms with van der Waals surface area (Å²) in [6.07, 6.45) is -0.740. The van der Waals surface area contributed by atoms with Crippen molar-refractivity contribution in [3.05, 3.63) is 61.5 Å². The van der Waals surface area contributed by atoms with Crippen LogP contribution in [0.15, 0.2) is 39.3 Å². The number of ether oxygens (including phenoxy) is 1. The van der Waals surface area contributed by atoms with Crippen molar-refractivity contribution in [3.8, 4) is 5.75 Å². The summed E-state index contributed by atoms with van der Waals surface area (Å²) in [7, 11) is 1.62. The van der Waals surface area contributed by atoms with Gasteiger partial charge >= 0.3 is 0 Å². The maximum atomic E-state index is 10.7. The Balaban J connectivity index is 2.55. The first-order valence-corrected chi connectivity index (χ1v) is 7.81. The van der Waals surface area contributed by atoms with Gasteiger partial charge in [0, 0.05) is 14.5 Å². The minimum Gasteiger partial charge on any atom is -0.496 e. The van der Waals surface area contributed by atoms with Crippen LogP contribution in [0.3, 0.4) is 0 Å². The molecule has 2 aromatic rings. The molecule has 0 heterocycles. The Morgan fingerprint density at radius 1 is 1.05 bits per heavy atom. The van der Waals surface area contributed by atoms with Crippen LogP contribution < -0.4 is 4.74 Å². The lowest BCUT2D eigenvalue weighted by molar-refractivity contribution is 0.214. The normalized spacial score (nSPS) is 12.3. The minimum absolute atomic E-state index is 0.687. The topological polar surface area (TPSA) is 29.5 Å². The molecule has 0 bridgehead atoms. The zero-order valence-corrected chi connectivity index (χ0v) is 14.7. The van der Waals surface area contributed by atoms with Crippen LogP contribution >= 0.6 is 31.9 Å². The fourth-order valence-corrected chi connectivity index (χ4v) is 2.95. The second-order valence-corrected chi connectivity index (χ2v) is 6.37. The molecule has 0 fully saturated rings. The lowest BCUT2D eigenvalue weighted by Gasteiger charge is -2.18. The minimum atomic E-state index is -0.740. The third-order valence-corrected chi connectivity index (χ3v) is 5.26. The van der Waals surface area contributed by atoms with E-state index in [1.807, 2.05) is 44.2 Å². The smallest absolute Gasteiger partial charge is 0.125 e. The van der Waals surface area contributed by atoms with Crippen molar-refractivity contribution in [2.75, 3.05) is 7.11 Å². The van der Waals surface area contributed by atoms with Crippen LogP contribution in [0, 0.1) is 13.8 Å². The monoisotopic (exact) mass is 398 g/mol. The summed E-state index contributed by atoms with van der Waals surface area (Å²) in [5, 5.41) is 10.7. The zero-order chi connectivity index (χ0) is 14.9. The molecule has 0 aromatic heterocycles. The van der Waals surface area contributed by atoms with Crippen LogP contribution in [0.1, 0.15) is 28.4 Å². The van der Waals surface area contributed by atoms with Gasteiger partial charge in [-0.25, -0.2) is 0 Å². The molecule has 0 amide bonds. The highest BCUT2D eigenvalue weighted by Gasteiger charge is 2.19. The predicted molar refractivity (Wildman–Crippen MR) is 88.4 cm³/mol. The number of benzene rings is 2. The standard InChI is InChI=1S/C16H16Br2O2/c1-9-5-4-6-11(15(9)18)16(19)12-8-13(17)10(2)7-14(12)20-3/h4-8,16,19H,1-3H3. The molecule has 0 radical (unpaired) electrons. The second kappa shape index (κ2) is 6.29. The van der Waals surface area contributed by atoms with E-state index < -0.39 is 6.10 Å². The van der Waals surface area contributed by atoms with E-state index in [9.17, 15) is 5.11 Å². The van der Waals surface area contributed by atoms with Crippen molar-refractivity contribution in [1.82, 2.24) is 0 Å². The van der Waals surface area contributed by atoms with Crippen molar-refractivity contribution >= 4 is 31.9 Å². The summed E-state index contributed by atoms with van der Waals surface area (Å²) >= 11 is 7.05. The first-order valence-electron chi connectivity index (χ1n) is 6.22. The van der Waals surface area contributed by atoms with Gasteiger partial charge in [-0.15, -0.1) is 0 Å². The van der Waals surface area contributed by atoms with Crippen molar-refractivity contribution in [2.24, 2.45) is 0 Å². The van der Waals surface area contributed by atoms with Crippen molar-refractivity contribution < 1.29 is 9.84 Å². The van der Waals surface area contributed by atoms with Gasteiger partial charge in [-0.3, -0.25) is 0 Å². The van der Waals surface area contributed by atoms with E-state index in [1.165, 1.54) is 0 Å². The molecular weight excluding hydrogens is 384 g/mol. The summed E-state index contributed by atoms with van der Waals surface area (Å²) in [4.78, 5) is 0. The Kier molecular flexibility index (Phi) is 4.89. The van der Waals surface area contributed by atoms with Gasteiger partial charge in [0.05, 0.1) is 7.11 Å². The molecule has 4 heteroatoms. The molecular formula is C16H16Br2O2. The fraction of sp³-hybridized carbons (Fsp3) is 0.250. The Hall–Kier alpha value is -0.840. The number of hydrogen-bond donors (Lipinski definition) is 1. The first kappa shape index (κ1) is 15.5. The molecule has 0 aliphatic carbocycles. The SMILES string of the molecule is COc1cc(C)c(Br)cc1C(O)c1cccc(C)c1Br. The summed E-state index contributed by atoms with van der Waals surface area (Å²) in [6, 6.07) is 9.69. The quantitative estimate of drug-likeness (QED) is 0.793. The zero-order valence-electron chi connectivity index (χ0n) is 11.6. The van der Waals surface area contributed by atoms with Gasteiger partial charge in [-0.05, 0) is 42.7 Å². The molecule has 0 aliphatic heterocycles. The molecule has 1 atom stereocenters. The predicted octanol–water partition coefficient (Wildman–Crippen LogP) is 4.92. The van der Waals surface area contributed by atoms with Crippen LogP contribution in [-0.4, -0.2) is 12.2 Å². The van der Waals surface area contributed by atoms with Gasteiger partial charge in [0.15, 0.2) is 0 Å². The van der Waals surface area contributed by atoms with Crippen LogP contribution in [0.5, 0.6) is 5.75 Å². The van der Waals surface area contributed by atoms with E-state index in [0.29, 0.717) is 5.75 Å². The molecule has 106 valence electrons. The average molecular weight is 400 g/mol. The van der Waals surface area contributed by atoms with Gasteiger partial charge in [0.2, 0.25) is 0 Å². The van der Waals surface area contributed by atoms with Crippen molar-refractivity contribution in [2.45, 2.75) is 20.0 Å². The third-order valence-electron chi connectivity index (χ3n) is 3.32. The highest BCUT2D eigenvalue weighted by Crippen LogP contribution is 2.37. The Labute approximate surface area is 136 Å². The maximum Gasteiger partial charge on any atom is 0.125 e. The molecule has 2 rings (SSSR count). The van der Waals surface area contributed by atoms with Gasteiger partial charge in [0.25, 0.3) is 0 Å². The van der Waals surface area contributed by atoms with E-state index in [-0.39, 0.29) is 0 Å². The van der Waals surface area contributed by atoms with Crippen LogP contribution in [0.2, 0.25) is 0 Å². The van der Waals surface area contributed by atoms with Crippen molar-refractivity contribution in [1.29, 1.82) is 0 Å². The lowest BCUT2D eigenvalue weighted by atomic mass is 9.98. The summed E-state index contributed by atoms with van der Waals surface area (Å²) in [6.45, 7) is 3.99. The van der Waals surface area contributed by atoms with E-state index in [4.69, 9.17) is 4.74 Å². The van der Waals surface area contributed by atoms with Gasteiger partial charge in [-0.2, -0.15) is 0 Å². The van der Waals surface area contributed by atoms with Gasteiger partial charge in [0.1, 0.15) is 11.9 Å². The molecule has 2 nitrogen and oxygen atoms in total. The molecule has 2 aromatic carbocycles. The number of hydrogen-bond acceptors (Lipinski definition) is 2. The highest BCUT2D eigenvalue weighted by molar-refractivity contribution is 9.10. The largest absolute Gasteiger partial charge is 0.496 e. The number of rotatable bonds is 3. The Bertz CT molecular complexity index is 639. The third kappa shape index (κ3) is 2.92. The number of aliphatic hydroxyl groups is 1. The maximum absolute atomic E-state index is 10.7. The molecule has 1 unspecified atom stereocenters.